The first kappa shape index (κ1) is 33.3. The molecule has 0 bridgehead atoms. The Hall–Kier alpha value is -4.07. The Kier molecular flexibility index (Phi) is 12.3. The molecule has 0 saturated heterocycles. The molecule has 0 saturated carbocycles. The van der Waals surface area contributed by atoms with Crippen LogP contribution >= 0.6 is 0 Å². The largest absolute Gasteiger partial charge is 0.107 e. The van der Waals surface area contributed by atoms with Gasteiger partial charge in [0, 0.05) is 0 Å². The predicted molar refractivity (Wildman–Crippen MR) is 215 cm³/mol. The van der Waals surface area contributed by atoms with Crippen LogP contribution in [0.2, 0.25) is 0 Å². The Morgan fingerprint density at radius 3 is 0.696 bits per heavy atom. The van der Waals surface area contributed by atoms with Crippen LogP contribution in [-0.2, 0) is 24.2 Å². The molecule has 4 atom stereocenters. The molecule has 0 aliphatic heterocycles. The van der Waals surface area contributed by atoms with Crippen molar-refractivity contribution < 1.29 is 0 Å². The van der Waals surface area contributed by atoms with Crippen molar-refractivity contribution in [3.8, 4) is 0 Å². The van der Waals surface area contributed by atoms with Crippen molar-refractivity contribution in [1.82, 2.24) is 0 Å². The summed E-state index contributed by atoms with van der Waals surface area (Å²) < 4.78 is 0. The summed E-state index contributed by atoms with van der Waals surface area (Å²) in [6, 6.07) is 53.7. The lowest BCUT2D eigenvalue weighted by Gasteiger charge is -2.28. The van der Waals surface area contributed by atoms with Crippen molar-refractivity contribution in [3.05, 3.63) is 205 Å². The molecule has 0 fully saturated rings. The van der Waals surface area contributed by atoms with Crippen molar-refractivity contribution in [2.24, 2.45) is 0 Å². The molecule has 0 aliphatic carbocycles. The molecule has 0 N–H and O–H groups in total. The monoisotopic (exact) mass is 662 g/mol. The van der Waals surface area contributed by atoms with E-state index in [1.165, 1.54) is 22.3 Å². The fourth-order valence-electron chi connectivity index (χ4n) is 6.71. The van der Waals surface area contributed by atoms with Crippen LogP contribution < -0.4 is 20.7 Å². The molecule has 0 heterocycles. The Balaban J connectivity index is 1.71. The number of hydrogen-bond donors (Lipinski definition) is 0. The molecular weight excluding hydrogens is 617 g/mol. The van der Waals surface area contributed by atoms with E-state index in [0.29, 0.717) is 0 Å². The average molecular weight is 663 g/mol. The van der Waals surface area contributed by atoms with Gasteiger partial charge in [0.05, 0.1) is 35.2 Å². The predicted octanol–water partition coefficient (Wildman–Crippen LogP) is 5.45. The molecule has 0 aliphatic rings. The third kappa shape index (κ3) is 8.59. The van der Waals surface area contributed by atoms with Gasteiger partial charge in [-0.3, -0.25) is 0 Å². The maximum atomic E-state index is 4.47. The highest BCUT2D eigenvalue weighted by Crippen LogP contribution is 2.10. The van der Waals surface area contributed by atoms with E-state index in [9.17, 15) is 0 Å². The second kappa shape index (κ2) is 17.0. The van der Waals surface area contributed by atoms with Gasteiger partial charge in [-0.25, -0.2) is 0 Å². The molecule has 4 unspecified atom stereocenters. The van der Waals surface area contributed by atoms with E-state index >= 15 is 0 Å². The molecule has 4 heteroatoms. The Morgan fingerprint density at radius 1 is 0.326 bits per heavy atom. The minimum absolute atomic E-state index is 1.07. The molecule has 46 heavy (non-hydrogen) atoms. The zero-order valence-corrected chi connectivity index (χ0v) is 31.6. The standard InChI is InChI=1S/C42H46Si4/c1-5-43(31-35-21-13-9-14-22-35)39-29-41(45(7-3)33-37-25-17-11-18-26-37)42(46(8-4)34-38-27-19-12-20-28-38)30-40(39)44(6-2)32-36-23-15-10-16-24-36/h5-30,43-46H,1-4,31-34H2. The fourth-order valence-corrected chi connectivity index (χ4v) is 19.0. The maximum Gasteiger partial charge on any atom is 0.0975 e. The second-order valence-electron chi connectivity index (χ2n) is 12.2. The Morgan fingerprint density at radius 2 is 0.522 bits per heavy atom. The highest BCUT2D eigenvalue weighted by molar-refractivity contribution is 6.92. The number of rotatable bonds is 16. The smallest absolute Gasteiger partial charge is 0.0975 e. The minimum atomic E-state index is -1.58. The molecule has 5 rings (SSSR count). The van der Waals surface area contributed by atoms with E-state index in [1.54, 1.807) is 20.7 Å². The topological polar surface area (TPSA) is 0 Å². The van der Waals surface area contributed by atoms with E-state index < -0.39 is 35.2 Å². The molecule has 0 nitrogen and oxygen atoms in total. The van der Waals surface area contributed by atoms with Crippen molar-refractivity contribution in [3.63, 3.8) is 0 Å². The van der Waals surface area contributed by atoms with Gasteiger partial charge in [-0.15, -0.1) is 26.3 Å². The normalized spacial score (nSPS) is 13.6. The summed E-state index contributed by atoms with van der Waals surface area (Å²) in [5.41, 5.74) is 14.9. The molecule has 5 aromatic rings. The first-order chi connectivity index (χ1) is 22.6. The van der Waals surface area contributed by atoms with Crippen molar-refractivity contribution in [2.75, 3.05) is 0 Å². The van der Waals surface area contributed by atoms with Crippen LogP contribution in [0.1, 0.15) is 22.3 Å². The van der Waals surface area contributed by atoms with Crippen LogP contribution in [0.3, 0.4) is 0 Å². The summed E-state index contributed by atoms with van der Waals surface area (Å²) in [5.74, 6) is 0. The van der Waals surface area contributed by atoms with Crippen LogP contribution in [0, 0.1) is 0 Å². The highest BCUT2D eigenvalue weighted by atomic mass is 28.3. The van der Waals surface area contributed by atoms with Gasteiger partial charge in [-0.1, -0.05) is 199 Å². The van der Waals surface area contributed by atoms with Crippen LogP contribution in [0.4, 0.5) is 0 Å². The van der Waals surface area contributed by atoms with Gasteiger partial charge in [-0.05, 0) is 24.2 Å². The molecule has 0 spiro atoms. The third-order valence-electron chi connectivity index (χ3n) is 9.22. The summed E-state index contributed by atoms with van der Waals surface area (Å²) in [4.78, 5) is 0. The second-order valence-corrected chi connectivity index (χ2v) is 23.1. The molecule has 230 valence electrons. The SMILES string of the molecule is C=C[SiH](Cc1ccccc1)c1cc([SiH](C=C)Cc2ccccc2)c([SiH](C=C)Cc2ccccc2)cc1[SiH](C=C)Cc1ccccc1. The first-order valence-electron chi connectivity index (χ1n) is 16.5. The van der Waals surface area contributed by atoms with Gasteiger partial charge in [0.1, 0.15) is 0 Å². The average Bonchev–Trinajstić information content (AvgIpc) is 3.12. The first-order valence-corrected chi connectivity index (χ1v) is 24.7. The van der Waals surface area contributed by atoms with E-state index in [2.05, 4.69) is 183 Å². The zero-order chi connectivity index (χ0) is 32.1. The number of hydrogen-bond acceptors (Lipinski definition) is 0. The fraction of sp³-hybridized carbons (Fsp3) is 0.0952. The minimum Gasteiger partial charge on any atom is -0.107 e. The van der Waals surface area contributed by atoms with E-state index in [0.717, 1.165) is 24.2 Å². The molecule has 5 aromatic carbocycles. The van der Waals surface area contributed by atoms with Gasteiger partial charge in [0.25, 0.3) is 0 Å². The van der Waals surface area contributed by atoms with Crippen LogP contribution in [-0.4, -0.2) is 35.2 Å². The third-order valence-corrected chi connectivity index (χ3v) is 21.0. The lowest BCUT2D eigenvalue weighted by atomic mass is 10.2. The lowest BCUT2D eigenvalue weighted by Crippen LogP contribution is -2.59. The van der Waals surface area contributed by atoms with Crippen molar-refractivity contribution in [2.45, 2.75) is 24.2 Å². The van der Waals surface area contributed by atoms with Gasteiger partial charge < -0.3 is 0 Å². The quantitative estimate of drug-likeness (QED) is 0.123. The summed E-state index contributed by atoms with van der Waals surface area (Å²) >= 11 is 0. The maximum absolute atomic E-state index is 4.47. The Labute approximate surface area is 283 Å². The Bertz CT molecular complexity index is 1460. The summed E-state index contributed by atoms with van der Waals surface area (Å²) in [5, 5.41) is 6.31. The molecular formula is C42H46Si4. The van der Waals surface area contributed by atoms with E-state index in [-0.39, 0.29) is 0 Å². The van der Waals surface area contributed by atoms with Gasteiger partial charge in [-0.2, -0.15) is 0 Å². The summed E-state index contributed by atoms with van der Waals surface area (Å²) in [7, 11) is -6.33. The van der Waals surface area contributed by atoms with Crippen LogP contribution in [0.15, 0.2) is 183 Å². The van der Waals surface area contributed by atoms with Gasteiger partial charge in [0.2, 0.25) is 0 Å². The summed E-state index contributed by atoms with van der Waals surface area (Å²) in [6.07, 6.45) is 0. The van der Waals surface area contributed by atoms with Crippen molar-refractivity contribution >= 4 is 55.9 Å². The van der Waals surface area contributed by atoms with E-state index in [4.69, 9.17) is 0 Å². The van der Waals surface area contributed by atoms with Crippen LogP contribution in [0.5, 0.6) is 0 Å². The molecule has 0 aromatic heterocycles. The summed E-state index contributed by atoms with van der Waals surface area (Å²) in [6.45, 7) is 17.9. The molecule has 0 radical (unpaired) electrons. The van der Waals surface area contributed by atoms with Gasteiger partial charge >= 0.3 is 0 Å². The van der Waals surface area contributed by atoms with Crippen molar-refractivity contribution in [1.29, 1.82) is 0 Å². The highest BCUT2D eigenvalue weighted by Gasteiger charge is 2.28. The van der Waals surface area contributed by atoms with Crippen LogP contribution in [0.25, 0.3) is 0 Å². The number of benzene rings is 5. The van der Waals surface area contributed by atoms with Gasteiger partial charge in [0.15, 0.2) is 0 Å². The zero-order valence-electron chi connectivity index (χ0n) is 27.0. The lowest BCUT2D eigenvalue weighted by molar-refractivity contribution is 1.36. The molecule has 0 amide bonds. The van der Waals surface area contributed by atoms with E-state index in [1.807, 2.05) is 0 Å².